The topological polar surface area (TPSA) is 63.7 Å². The van der Waals surface area contributed by atoms with Crippen molar-refractivity contribution < 1.29 is 19.1 Å². The first-order valence-electron chi connectivity index (χ1n) is 6.41. The number of nitrogens with zero attached hydrogens (tertiary/aromatic N) is 1. The average Bonchev–Trinajstić information content (AvgIpc) is 2.64. The van der Waals surface area contributed by atoms with Crippen LogP contribution in [0, 0.1) is 0 Å². The molecule has 1 aliphatic heterocycles. The molecule has 1 atom stereocenters. The fourth-order valence-electron chi connectivity index (χ4n) is 2.02. The third-order valence-electron chi connectivity index (χ3n) is 3.00. The van der Waals surface area contributed by atoms with Gasteiger partial charge in [-0.2, -0.15) is 0 Å². The maximum absolute atomic E-state index is 12.2. The number of carbonyl (C=O) groups is 3. The summed E-state index contributed by atoms with van der Waals surface area (Å²) >= 11 is 0. The number of ether oxygens (including phenoxy) is 1. The number of benzene rings is 1. The van der Waals surface area contributed by atoms with Crippen LogP contribution in [0.3, 0.4) is 0 Å². The van der Waals surface area contributed by atoms with Gasteiger partial charge < -0.3 is 9.53 Å². The number of aldehydes is 1. The Balaban J connectivity index is 2.23. The van der Waals surface area contributed by atoms with Crippen molar-refractivity contribution in [3.8, 4) is 0 Å². The van der Waals surface area contributed by atoms with E-state index in [9.17, 15) is 14.4 Å². The van der Waals surface area contributed by atoms with Gasteiger partial charge in [0.2, 0.25) is 0 Å². The van der Waals surface area contributed by atoms with Gasteiger partial charge in [0.1, 0.15) is 12.3 Å². The van der Waals surface area contributed by atoms with Crippen molar-refractivity contribution in [3.63, 3.8) is 0 Å². The summed E-state index contributed by atoms with van der Waals surface area (Å²) in [5.74, 6) is -0.889. The molecule has 2 amide bonds. The quantitative estimate of drug-likeness (QED) is 0.619. The van der Waals surface area contributed by atoms with E-state index in [4.69, 9.17) is 4.74 Å². The number of hydrogen-bond donors (Lipinski definition) is 0. The standard InChI is InChI=1S/C15H17NO4/c1-15(2,3)20-9-10(8-17)16-13(18)11-6-4-5-7-12(11)14(16)19/h4-8,10H,9H2,1-3H3/t10-/m0/s1. The van der Waals surface area contributed by atoms with Crippen LogP contribution in [0.5, 0.6) is 0 Å². The SMILES string of the molecule is CC(C)(C)OC[C@H](C=O)N1C(=O)c2ccccc2C1=O. The first kappa shape index (κ1) is 14.4. The van der Waals surface area contributed by atoms with Crippen LogP contribution in [-0.4, -0.2) is 41.3 Å². The zero-order valence-corrected chi connectivity index (χ0v) is 11.8. The van der Waals surface area contributed by atoms with Gasteiger partial charge in [-0.05, 0) is 32.9 Å². The molecule has 0 aliphatic carbocycles. The summed E-state index contributed by atoms with van der Waals surface area (Å²) in [6.07, 6.45) is 0.577. The van der Waals surface area contributed by atoms with Gasteiger partial charge in [0.25, 0.3) is 11.8 Å². The summed E-state index contributed by atoms with van der Waals surface area (Å²) < 4.78 is 5.51. The van der Waals surface area contributed by atoms with Crippen molar-refractivity contribution >= 4 is 18.1 Å². The van der Waals surface area contributed by atoms with Gasteiger partial charge in [0, 0.05) is 0 Å². The van der Waals surface area contributed by atoms with Crippen molar-refractivity contribution in [1.29, 1.82) is 0 Å². The lowest BCUT2D eigenvalue weighted by Gasteiger charge is -2.26. The molecule has 0 radical (unpaired) electrons. The molecule has 5 nitrogen and oxygen atoms in total. The Morgan fingerprint density at radius 1 is 1.15 bits per heavy atom. The van der Waals surface area contributed by atoms with Crippen molar-refractivity contribution in [2.24, 2.45) is 0 Å². The Morgan fingerprint density at radius 3 is 2.05 bits per heavy atom. The van der Waals surface area contributed by atoms with Crippen molar-refractivity contribution in [3.05, 3.63) is 35.4 Å². The molecule has 0 fully saturated rings. The molecule has 0 saturated carbocycles. The predicted octanol–water partition coefficient (Wildman–Crippen LogP) is 1.67. The predicted molar refractivity (Wildman–Crippen MR) is 72.5 cm³/mol. The van der Waals surface area contributed by atoms with E-state index in [1.807, 2.05) is 20.8 Å². The summed E-state index contributed by atoms with van der Waals surface area (Å²) in [4.78, 5) is 36.6. The molecule has 0 spiro atoms. The van der Waals surface area contributed by atoms with Crippen LogP contribution >= 0.6 is 0 Å². The van der Waals surface area contributed by atoms with Gasteiger partial charge in [-0.25, -0.2) is 0 Å². The van der Waals surface area contributed by atoms with Crippen LogP contribution in [0.1, 0.15) is 41.5 Å². The molecule has 0 N–H and O–H groups in total. The van der Waals surface area contributed by atoms with Crippen LogP contribution in [0.15, 0.2) is 24.3 Å². The Labute approximate surface area is 117 Å². The summed E-state index contributed by atoms with van der Waals surface area (Å²) in [5.41, 5.74) is 0.222. The molecule has 0 aromatic heterocycles. The van der Waals surface area contributed by atoms with Crippen LogP contribution in [0.25, 0.3) is 0 Å². The van der Waals surface area contributed by atoms with Gasteiger partial charge in [-0.1, -0.05) is 12.1 Å². The normalized spacial score (nSPS) is 16.2. The average molecular weight is 275 g/mol. The van der Waals surface area contributed by atoms with Crippen LogP contribution in [0.2, 0.25) is 0 Å². The smallest absolute Gasteiger partial charge is 0.262 e. The van der Waals surface area contributed by atoms with Gasteiger partial charge in [0.05, 0.1) is 23.3 Å². The fourth-order valence-corrected chi connectivity index (χ4v) is 2.02. The maximum atomic E-state index is 12.2. The monoisotopic (exact) mass is 275 g/mol. The third kappa shape index (κ3) is 2.63. The second kappa shape index (κ2) is 5.17. The Kier molecular flexibility index (Phi) is 3.72. The lowest BCUT2D eigenvalue weighted by atomic mass is 10.1. The number of imide groups is 1. The number of carbonyl (C=O) groups excluding carboxylic acids is 3. The Bertz CT molecular complexity index is 524. The molecule has 1 aliphatic rings. The zero-order chi connectivity index (χ0) is 14.9. The molecule has 106 valence electrons. The zero-order valence-electron chi connectivity index (χ0n) is 11.8. The molecule has 5 heteroatoms. The molecule has 0 saturated heterocycles. The van der Waals surface area contributed by atoms with Crippen molar-refractivity contribution in [2.45, 2.75) is 32.4 Å². The number of fused-ring (bicyclic) bond motifs is 1. The molecule has 1 aromatic carbocycles. The Hall–Kier alpha value is -2.01. The molecule has 1 aromatic rings. The van der Waals surface area contributed by atoms with Crippen LogP contribution in [0.4, 0.5) is 0 Å². The fraction of sp³-hybridized carbons (Fsp3) is 0.400. The van der Waals surface area contributed by atoms with Crippen molar-refractivity contribution in [2.75, 3.05) is 6.61 Å². The van der Waals surface area contributed by atoms with E-state index in [1.54, 1.807) is 24.3 Å². The van der Waals surface area contributed by atoms with E-state index in [1.165, 1.54) is 0 Å². The minimum absolute atomic E-state index is 0.00152. The molecule has 20 heavy (non-hydrogen) atoms. The Morgan fingerprint density at radius 2 is 1.65 bits per heavy atom. The van der Waals surface area contributed by atoms with E-state index in [0.29, 0.717) is 17.4 Å². The molecular formula is C15H17NO4. The minimum Gasteiger partial charge on any atom is -0.373 e. The highest BCUT2D eigenvalue weighted by Gasteiger charge is 2.40. The van der Waals surface area contributed by atoms with E-state index in [0.717, 1.165) is 4.90 Å². The second-order valence-corrected chi connectivity index (χ2v) is 5.65. The van der Waals surface area contributed by atoms with E-state index >= 15 is 0 Å². The van der Waals surface area contributed by atoms with E-state index in [2.05, 4.69) is 0 Å². The molecule has 2 rings (SSSR count). The number of amides is 2. The van der Waals surface area contributed by atoms with Gasteiger partial charge in [0.15, 0.2) is 0 Å². The third-order valence-corrected chi connectivity index (χ3v) is 3.00. The lowest BCUT2D eigenvalue weighted by Crippen LogP contribution is -2.45. The van der Waals surface area contributed by atoms with Crippen LogP contribution < -0.4 is 0 Å². The maximum Gasteiger partial charge on any atom is 0.262 e. The van der Waals surface area contributed by atoms with Crippen LogP contribution in [-0.2, 0) is 9.53 Å². The summed E-state index contributed by atoms with van der Waals surface area (Å²) in [6.45, 7) is 5.53. The van der Waals surface area contributed by atoms with Crippen molar-refractivity contribution in [1.82, 2.24) is 4.90 Å². The van der Waals surface area contributed by atoms with E-state index in [-0.39, 0.29) is 6.61 Å². The largest absolute Gasteiger partial charge is 0.373 e. The second-order valence-electron chi connectivity index (χ2n) is 5.65. The summed E-state index contributed by atoms with van der Waals surface area (Å²) in [6, 6.07) is 5.65. The lowest BCUT2D eigenvalue weighted by molar-refractivity contribution is -0.115. The first-order valence-corrected chi connectivity index (χ1v) is 6.41. The highest BCUT2D eigenvalue weighted by atomic mass is 16.5. The van der Waals surface area contributed by atoms with Gasteiger partial charge in [-0.3, -0.25) is 14.5 Å². The number of rotatable bonds is 4. The highest BCUT2D eigenvalue weighted by molar-refractivity contribution is 6.22. The summed E-state index contributed by atoms with van der Waals surface area (Å²) in [5, 5.41) is 0. The molecule has 0 bridgehead atoms. The molecular weight excluding hydrogens is 258 g/mol. The first-order chi connectivity index (χ1) is 9.35. The summed E-state index contributed by atoms with van der Waals surface area (Å²) in [7, 11) is 0. The number of hydrogen-bond acceptors (Lipinski definition) is 4. The highest BCUT2D eigenvalue weighted by Crippen LogP contribution is 2.24. The minimum atomic E-state index is -0.901. The van der Waals surface area contributed by atoms with Gasteiger partial charge in [-0.15, -0.1) is 0 Å². The molecule has 1 heterocycles. The van der Waals surface area contributed by atoms with E-state index < -0.39 is 23.5 Å². The molecule has 0 unspecified atom stereocenters. The van der Waals surface area contributed by atoms with Gasteiger partial charge >= 0.3 is 0 Å².